The third-order valence-corrected chi connectivity index (χ3v) is 5.44. The second-order valence-electron chi connectivity index (χ2n) is 5.26. The van der Waals surface area contributed by atoms with Crippen LogP contribution in [0.15, 0.2) is 27.1 Å². The van der Waals surface area contributed by atoms with Gasteiger partial charge in [0.2, 0.25) is 9.84 Å². The van der Waals surface area contributed by atoms with E-state index < -0.39 is 34.3 Å². The standard InChI is InChI=1S/C17H16N2O9S/c1-4-26-16(20)12(8-18)19-28-17(21)27-9-11-5-10-6-13(24-2)14(25-3)7-15(10)29(11,22)23/h5-7H,4,9H2,1-3H3. The minimum Gasteiger partial charge on any atom is -0.493 e. The Kier molecular flexibility index (Phi) is 6.79. The van der Waals surface area contributed by atoms with Crippen LogP contribution in [-0.4, -0.2) is 53.7 Å². The van der Waals surface area contributed by atoms with Crippen LogP contribution in [0.5, 0.6) is 11.5 Å². The van der Waals surface area contributed by atoms with Crippen molar-refractivity contribution < 1.29 is 41.8 Å². The molecule has 0 saturated carbocycles. The summed E-state index contributed by atoms with van der Waals surface area (Å²) in [6.07, 6.45) is -0.105. The van der Waals surface area contributed by atoms with E-state index in [1.807, 2.05) is 0 Å². The second-order valence-corrected chi connectivity index (χ2v) is 7.23. The van der Waals surface area contributed by atoms with Crippen LogP contribution in [0.2, 0.25) is 0 Å². The maximum atomic E-state index is 12.6. The first kappa shape index (κ1) is 21.7. The van der Waals surface area contributed by atoms with Crippen LogP contribution >= 0.6 is 0 Å². The Hall–Kier alpha value is -3.59. The Morgan fingerprint density at radius 2 is 1.79 bits per heavy atom. The van der Waals surface area contributed by atoms with Crippen molar-refractivity contribution in [1.29, 1.82) is 5.26 Å². The highest BCUT2D eigenvalue weighted by atomic mass is 32.2. The molecular weight excluding hydrogens is 408 g/mol. The van der Waals surface area contributed by atoms with E-state index in [4.69, 9.17) is 19.5 Å². The Balaban J connectivity index is 2.10. The molecule has 1 aliphatic heterocycles. The van der Waals surface area contributed by atoms with Gasteiger partial charge < -0.3 is 18.9 Å². The molecule has 1 heterocycles. The summed E-state index contributed by atoms with van der Waals surface area (Å²) < 4.78 is 44.7. The van der Waals surface area contributed by atoms with Crippen LogP contribution in [0.3, 0.4) is 0 Å². The van der Waals surface area contributed by atoms with Gasteiger partial charge in [0.1, 0.15) is 12.7 Å². The Morgan fingerprint density at radius 3 is 2.38 bits per heavy atom. The summed E-state index contributed by atoms with van der Waals surface area (Å²) in [4.78, 5) is 27.0. The second kappa shape index (κ2) is 9.07. The number of methoxy groups -OCH3 is 2. The molecule has 0 radical (unpaired) electrons. The summed E-state index contributed by atoms with van der Waals surface area (Å²) in [6, 6.07) is 4.17. The van der Waals surface area contributed by atoms with Gasteiger partial charge >= 0.3 is 12.1 Å². The molecular formula is C17H16N2O9S. The molecule has 1 aliphatic rings. The van der Waals surface area contributed by atoms with Crippen molar-refractivity contribution in [3.8, 4) is 17.6 Å². The number of esters is 1. The van der Waals surface area contributed by atoms with Gasteiger partial charge in [0.25, 0.3) is 5.71 Å². The minimum absolute atomic E-state index is 0.00781. The van der Waals surface area contributed by atoms with Gasteiger partial charge in [0.05, 0.1) is 30.6 Å². The van der Waals surface area contributed by atoms with Gasteiger partial charge in [-0.15, -0.1) is 0 Å². The van der Waals surface area contributed by atoms with Crippen LogP contribution in [-0.2, 0) is 28.9 Å². The van der Waals surface area contributed by atoms with E-state index in [-0.39, 0.29) is 22.2 Å². The zero-order valence-corrected chi connectivity index (χ0v) is 16.4. The highest BCUT2D eigenvalue weighted by Crippen LogP contribution is 2.40. The molecule has 0 saturated heterocycles. The fourth-order valence-corrected chi connectivity index (χ4v) is 3.74. The Labute approximate surface area is 166 Å². The monoisotopic (exact) mass is 424 g/mol. The van der Waals surface area contributed by atoms with Crippen LogP contribution < -0.4 is 9.47 Å². The number of sulfone groups is 1. The lowest BCUT2D eigenvalue weighted by Gasteiger charge is -2.09. The van der Waals surface area contributed by atoms with Crippen molar-refractivity contribution in [3.63, 3.8) is 0 Å². The van der Waals surface area contributed by atoms with Crippen molar-refractivity contribution in [2.75, 3.05) is 27.4 Å². The molecule has 0 aromatic heterocycles. The largest absolute Gasteiger partial charge is 0.535 e. The number of hydrogen-bond donors (Lipinski definition) is 0. The summed E-state index contributed by atoms with van der Waals surface area (Å²) in [7, 11) is -1.15. The molecule has 29 heavy (non-hydrogen) atoms. The molecule has 12 heteroatoms. The molecule has 0 aliphatic carbocycles. The predicted molar refractivity (Wildman–Crippen MR) is 96.8 cm³/mol. The molecule has 0 atom stereocenters. The third-order valence-electron chi connectivity index (χ3n) is 3.59. The molecule has 1 aromatic rings. The SMILES string of the molecule is CCOC(=O)C(C#N)=NOC(=O)OCC1=Cc2cc(OC)c(OC)cc2S1(=O)=O. The third kappa shape index (κ3) is 4.64. The maximum absolute atomic E-state index is 12.6. The van der Waals surface area contributed by atoms with Crippen molar-refractivity contribution in [1.82, 2.24) is 0 Å². The summed E-state index contributed by atoms with van der Waals surface area (Å²) in [5.41, 5.74) is -0.468. The Bertz CT molecular complexity index is 1040. The van der Waals surface area contributed by atoms with Gasteiger partial charge in [-0.05, 0) is 24.6 Å². The molecule has 0 amide bonds. The number of nitriles is 1. The number of carbonyl (C=O) groups is 2. The lowest BCUT2D eigenvalue weighted by molar-refractivity contribution is -0.135. The fourth-order valence-electron chi connectivity index (χ4n) is 2.28. The predicted octanol–water partition coefficient (Wildman–Crippen LogP) is 1.43. The maximum Gasteiger partial charge on any atom is 0.535 e. The van der Waals surface area contributed by atoms with Crippen LogP contribution in [0.4, 0.5) is 4.79 Å². The molecule has 0 fully saturated rings. The highest BCUT2D eigenvalue weighted by molar-refractivity contribution is 7.95. The van der Waals surface area contributed by atoms with Crippen molar-refractivity contribution in [2.45, 2.75) is 11.8 Å². The normalized spacial score (nSPS) is 14.1. The van der Waals surface area contributed by atoms with E-state index in [0.29, 0.717) is 11.3 Å². The molecule has 1 aromatic carbocycles. The van der Waals surface area contributed by atoms with Crippen molar-refractivity contribution in [3.05, 3.63) is 22.6 Å². The van der Waals surface area contributed by atoms with E-state index in [9.17, 15) is 18.0 Å². The highest BCUT2D eigenvalue weighted by Gasteiger charge is 2.32. The van der Waals surface area contributed by atoms with E-state index in [1.54, 1.807) is 0 Å². The van der Waals surface area contributed by atoms with Gasteiger partial charge in [0, 0.05) is 6.07 Å². The summed E-state index contributed by atoms with van der Waals surface area (Å²) in [5, 5.41) is 11.8. The van der Waals surface area contributed by atoms with Crippen LogP contribution in [0.1, 0.15) is 12.5 Å². The smallest absolute Gasteiger partial charge is 0.493 e. The first-order valence-electron chi connectivity index (χ1n) is 7.99. The number of ether oxygens (including phenoxy) is 4. The lowest BCUT2D eigenvalue weighted by atomic mass is 10.2. The first-order chi connectivity index (χ1) is 13.8. The topological polar surface area (TPSA) is 151 Å². The number of fused-ring (bicyclic) bond motifs is 1. The van der Waals surface area contributed by atoms with Crippen LogP contribution in [0, 0.1) is 11.3 Å². The number of rotatable bonds is 7. The van der Waals surface area contributed by atoms with Gasteiger partial charge in [0.15, 0.2) is 11.5 Å². The zero-order valence-electron chi connectivity index (χ0n) is 15.6. The van der Waals surface area contributed by atoms with E-state index in [2.05, 4.69) is 14.7 Å². The summed E-state index contributed by atoms with van der Waals surface area (Å²) in [6.45, 7) is 0.852. The summed E-state index contributed by atoms with van der Waals surface area (Å²) in [5.74, 6) is -0.527. The number of hydrogen-bond acceptors (Lipinski definition) is 11. The average molecular weight is 424 g/mol. The first-order valence-corrected chi connectivity index (χ1v) is 9.47. The number of nitrogens with zero attached hydrogens (tertiary/aromatic N) is 2. The molecule has 0 bridgehead atoms. The van der Waals surface area contributed by atoms with Gasteiger partial charge in [-0.3, -0.25) is 4.84 Å². The van der Waals surface area contributed by atoms with Gasteiger partial charge in [-0.1, -0.05) is 5.16 Å². The average Bonchev–Trinajstić information content (AvgIpc) is 2.95. The van der Waals surface area contributed by atoms with Crippen LogP contribution in [0.25, 0.3) is 6.08 Å². The van der Waals surface area contributed by atoms with E-state index >= 15 is 0 Å². The fraction of sp³-hybridized carbons (Fsp3) is 0.294. The number of carbonyl (C=O) groups excluding carboxylic acids is 2. The zero-order chi connectivity index (χ0) is 21.6. The van der Waals surface area contributed by atoms with Gasteiger partial charge in [-0.25, -0.2) is 18.0 Å². The van der Waals surface area contributed by atoms with E-state index in [0.717, 1.165) is 0 Å². The Morgan fingerprint density at radius 1 is 1.14 bits per heavy atom. The summed E-state index contributed by atoms with van der Waals surface area (Å²) >= 11 is 0. The molecule has 154 valence electrons. The minimum atomic E-state index is -3.93. The van der Waals surface area contributed by atoms with Crippen molar-refractivity contribution >= 4 is 33.7 Å². The number of oxime groups is 1. The quantitative estimate of drug-likeness (QED) is 0.272. The van der Waals surface area contributed by atoms with E-state index in [1.165, 1.54) is 45.4 Å². The molecule has 2 rings (SSSR count). The molecule has 0 unspecified atom stereocenters. The number of benzene rings is 1. The lowest BCUT2D eigenvalue weighted by Crippen LogP contribution is -2.17. The van der Waals surface area contributed by atoms with Gasteiger partial charge in [-0.2, -0.15) is 5.26 Å². The van der Waals surface area contributed by atoms with Crippen molar-refractivity contribution in [2.24, 2.45) is 5.16 Å². The molecule has 0 spiro atoms. The molecule has 0 N–H and O–H groups in total. The molecule has 11 nitrogen and oxygen atoms in total.